The van der Waals surface area contributed by atoms with Gasteiger partial charge in [-0.15, -0.1) is 0 Å². The van der Waals surface area contributed by atoms with E-state index < -0.39 is 29.4 Å². The zero-order chi connectivity index (χ0) is 23.4. The number of rotatable bonds is 10. The van der Waals surface area contributed by atoms with E-state index in [1.165, 1.54) is 11.0 Å². The summed E-state index contributed by atoms with van der Waals surface area (Å²) in [4.78, 5) is 40.5. The van der Waals surface area contributed by atoms with E-state index in [0.717, 1.165) is 6.54 Å². The summed E-state index contributed by atoms with van der Waals surface area (Å²) in [5.74, 6) is -1.30. The third-order valence-corrected chi connectivity index (χ3v) is 5.09. The number of carbonyl (C=O) groups excluding carboxylic acids is 3. The Morgan fingerprint density at radius 1 is 1.19 bits per heavy atom. The maximum atomic E-state index is 13.2. The lowest BCUT2D eigenvalue weighted by molar-refractivity contribution is -0.129. The molecule has 0 radical (unpaired) electrons. The van der Waals surface area contributed by atoms with Crippen molar-refractivity contribution < 1.29 is 28.6 Å². The standard InChI is InChI=1S/C23H27N3O6/c1-14-5-10-17(32-14)21(28)19-20(15-6-8-16(9-7-15)31-13-18(24)27)26(23(30)22(19)29)12-4-11-25(2)3/h5-10,20,29H,4,11-13H2,1-3H3,(H2,24,27)/t20-/m1/s1. The number of benzene rings is 1. The fourth-order valence-corrected chi connectivity index (χ4v) is 3.61. The Morgan fingerprint density at radius 3 is 2.44 bits per heavy atom. The smallest absolute Gasteiger partial charge is 0.290 e. The van der Waals surface area contributed by atoms with Crippen LogP contribution in [0, 0.1) is 6.92 Å². The molecule has 0 fully saturated rings. The number of primary amides is 1. The molecule has 1 aromatic carbocycles. The fourth-order valence-electron chi connectivity index (χ4n) is 3.61. The predicted molar refractivity (Wildman–Crippen MR) is 116 cm³/mol. The van der Waals surface area contributed by atoms with Crippen molar-refractivity contribution in [1.29, 1.82) is 0 Å². The first-order valence-corrected chi connectivity index (χ1v) is 10.2. The van der Waals surface area contributed by atoms with Crippen molar-refractivity contribution in [3.63, 3.8) is 0 Å². The predicted octanol–water partition coefficient (Wildman–Crippen LogP) is 1.98. The van der Waals surface area contributed by atoms with E-state index in [2.05, 4.69) is 0 Å². The molecule has 1 aliphatic rings. The number of ether oxygens (including phenoxy) is 1. The molecule has 3 N–H and O–H groups in total. The Kier molecular flexibility index (Phi) is 6.99. The van der Waals surface area contributed by atoms with Gasteiger partial charge in [0.25, 0.3) is 11.8 Å². The maximum Gasteiger partial charge on any atom is 0.290 e. The molecule has 3 rings (SSSR count). The van der Waals surface area contributed by atoms with Gasteiger partial charge in [-0.25, -0.2) is 0 Å². The van der Waals surface area contributed by atoms with E-state index >= 15 is 0 Å². The minimum atomic E-state index is -0.784. The Bertz CT molecular complexity index is 1040. The van der Waals surface area contributed by atoms with Gasteiger partial charge in [-0.2, -0.15) is 0 Å². The van der Waals surface area contributed by atoms with Crippen molar-refractivity contribution in [1.82, 2.24) is 9.80 Å². The van der Waals surface area contributed by atoms with Crippen LogP contribution in [-0.2, 0) is 9.59 Å². The number of aryl methyl sites for hydroxylation is 1. The van der Waals surface area contributed by atoms with Crippen molar-refractivity contribution in [3.8, 4) is 5.75 Å². The number of ketones is 1. The van der Waals surface area contributed by atoms with Gasteiger partial charge in [-0.1, -0.05) is 12.1 Å². The second-order valence-electron chi connectivity index (χ2n) is 7.88. The van der Waals surface area contributed by atoms with Gasteiger partial charge >= 0.3 is 0 Å². The van der Waals surface area contributed by atoms with Gasteiger partial charge in [0, 0.05) is 6.54 Å². The second kappa shape index (κ2) is 9.69. The van der Waals surface area contributed by atoms with Gasteiger partial charge in [-0.05, 0) is 63.8 Å². The van der Waals surface area contributed by atoms with Gasteiger partial charge in [0.2, 0.25) is 5.78 Å². The third kappa shape index (κ3) is 5.00. The van der Waals surface area contributed by atoms with Crippen LogP contribution in [0.3, 0.4) is 0 Å². The number of furan rings is 1. The number of nitrogens with zero attached hydrogens (tertiary/aromatic N) is 2. The highest BCUT2D eigenvalue weighted by Crippen LogP contribution is 2.39. The summed E-state index contributed by atoms with van der Waals surface area (Å²) in [6.07, 6.45) is 0.656. The molecule has 0 aliphatic carbocycles. The van der Waals surface area contributed by atoms with Crippen LogP contribution in [0.5, 0.6) is 5.75 Å². The fraction of sp³-hybridized carbons (Fsp3) is 0.348. The van der Waals surface area contributed by atoms with Crippen molar-refractivity contribution >= 4 is 17.6 Å². The van der Waals surface area contributed by atoms with E-state index in [-0.39, 0.29) is 17.9 Å². The van der Waals surface area contributed by atoms with Crippen LogP contribution in [0.1, 0.15) is 34.3 Å². The van der Waals surface area contributed by atoms with Crippen LogP contribution in [0.2, 0.25) is 0 Å². The molecular formula is C23H27N3O6. The summed E-state index contributed by atoms with van der Waals surface area (Å²) in [6.45, 7) is 2.53. The summed E-state index contributed by atoms with van der Waals surface area (Å²) >= 11 is 0. The Balaban J connectivity index is 1.95. The molecule has 0 unspecified atom stereocenters. The summed E-state index contributed by atoms with van der Waals surface area (Å²) in [6, 6.07) is 9.00. The molecule has 0 saturated heterocycles. The highest BCUT2D eigenvalue weighted by molar-refractivity contribution is 6.15. The molecule has 2 aromatic rings. The normalized spacial score (nSPS) is 16.2. The van der Waals surface area contributed by atoms with Gasteiger partial charge in [0.15, 0.2) is 18.1 Å². The van der Waals surface area contributed by atoms with Crippen molar-refractivity contribution in [3.05, 3.63) is 64.8 Å². The Hall–Kier alpha value is -3.59. The third-order valence-electron chi connectivity index (χ3n) is 5.09. The van der Waals surface area contributed by atoms with Gasteiger partial charge in [0.1, 0.15) is 11.5 Å². The lowest BCUT2D eigenvalue weighted by atomic mass is 9.95. The quantitative estimate of drug-likeness (QED) is 0.540. The topological polar surface area (TPSA) is 126 Å². The Morgan fingerprint density at radius 2 is 1.88 bits per heavy atom. The summed E-state index contributed by atoms with van der Waals surface area (Å²) in [5, 5.41) is 10.6. The number of hydrogen-bond acceptors (Lipinski definition) is 7. The number of aliphatic hydroxyl groups is 1. The van der Waals surface area contributed by atoms with Crippen molar-refractivity contribution in [2.24, 2.45) is 5.73 Å². The number of aliphatic hydroxyl groups excluding tert-OH is 1. The summed E-state index contributed by atoms with van der Waals surface area (Å²) in [5.41, 5.74) is 5.69. The minimum absolute atomic E-state index is 0.0278. The molecule has 9 heteroatoms. The number of nitrogens with two attached hydrogens (primary N) is 1. The molecular weight excluding hydrogens is 414 g/mol. The molecule has 1 atom stereocenters. The highest BCUT2D eigenvalue weighted by Gasteiger charge is 2.44. The van der Waals surface area contributed by atoms with E-state index in [1.807, 2.05) is 19.0 Å². The average molecular weight is 441 g/mol. The van der Waals surface area contributed by atoms with Crippen LogP contribution in [0.25, 0.3) is 0 Å². The van der Waals surface area contributed by atoms with E-state index in [9.17, 15) is 19.5 Å². The number of Topliss-reactive ketones (excluding diaryl/α,β-unsaturated/α-hetero) is 1. The number of hydrogen-bond donors (Lipinski definition) is 2. The lowest BCUT2D eigenvalue weighted by Crippen LogP contribution is -2.33. The molecule has 0 saturated carbocycles. The molecule has 170 valence electrons. The lowest BCUT2D eigenvalue weighted by Gasteiger charge is -2.27. The minimum Gasteiger partial charge on any atom is -0.503 e. The summed E-state index contributed by atoms with van der Waals surface area (Å²) in [7, 11) is 3.86. The van der Waals surface area contributed by atoms with Crippen LogP contribution in [-0.4, -0.2) is 66.3 Å². The SMILES string of the molecule is Cc1ccc(C(=O)C2=C(O)C(=O)N(CCCN(C)C)[C@@H]2c2ccc(OCC(N)=O)cc2)o1. The van der Waals surface area contributed by atoms with Crippen LogP contribution in [0.15, 0.2) is 52.1 Å². The largest absolute Gasteiger partial charge is 0.503 e. The van der Waals surface area contributed by atoms with Crippen LogP contribution < -0.4 is 10.5 Å². The monoisotopic (exact) mass is 441 g/mol. The number of amides is 2. The molecule has 2 heterocycles. The zero-order valence-electron chi connectivity index (χ0n) is 18.3. The van der Waals surface area contributed by atoms with E-state index in [1.54, 1.807) is 37.3 Å². The van der Waals surface area contributed by atoms with E-state index in [0.29, 0.717) is 30.0 Å². The van der Waals surface area contributed by atoms with Gasteiger partial charge in [0.05, 0.1) is 11.6 Å². The molecule has 0 bridgehead atoms. The van der Waals surface area contributed by atoms with E-state index in [4.69, 9.17) is 14.9 Å². The van der Waals surface area contributed by atoms with Crippen LogP contribution in [0.4, 0.5) is 0 Å². The molecule has 32 heavy (non-hydrogen) atoms. The Labute approximate surface area is 186 Å². The zero-order valence-corrected chi connectivity index (χ0v) is 18.3. The van der Waals surface area contributed by atoms with Crippen molar-refractivity contribution in [2.45, 2.75) is 19.4 Å². The highest BCUT2D eigenvalue weighted by atomic mass is 16.5. The van der Waals surface area contributed by atoms with Gasteiger partial charge < -0.3 is 29.8 Å². The summed E-state index contributed by atoms with van der Waals surface area (Å²) < 4.78 is 10.7. The molecule has 0 spiro atoms. The molecule has 9 nitrogen and oxygen atoms in total. The first-order chi connectivity index (χ1) is 15.2. The maximum absolute atomic E-state index is 13.2. The van der Waals surface area contributed by atoms with Crippen LogP contribution >= 0.6 is 0 Å². The first-order valence-electron chi connectivity index (χ1n) is 10.2. The van der Waals surface area contributed by atoms with Crippen molar-refractivity contribution in [2.75, 3.05) is 33.8 Å². The molecule has 2 amide bonds. The number of carbonyl (C=O) groups is 3. The average Bonchev–Trinajstić information content (AvgIpc) is 3.28. The van der Waals surface area contributed by atoms with Gasteiger partial charge in [-0.3, -0.25) is 14.4 Å². The molecule has 1 aromatic heterocycles. The first kappa shape index (κ1) is 23.1. The second-order valence-corrected chi connectivity index (χ2v) is 7.88. The molecule has 1 aliphatic heterocycles.